The zero-order valence-corrected chi connectivity index (χ0v) is 12.7. The smallest absolute Gasteiger partial charge is 0.240 e. The van der Waals surface area contributed by atoms with E-state index in [0.29, 0.717) is 11.7 Å². The van der Waals surface area contributed by atoms with E-state index in [1.807, 2.05) is 0 Å². The number of nitrogens with two attached hydrogens (primary N) is 1. The van der Waals surface area contributed by atoms with Crippen LogP contribution in [0.2, 0.25) is 0 Å². The zero-order valence-electron chi connectivity index (χ0n) is 11.9. The van der Waals surface area contributed by atoms with Gasteiger partial charge in [0.25, 0.3) is 0 Å². The van der Waals surface area contributed by atoms with Gasteiger partial charge in [0.1, 0.15) is 0 Å². The van der Waals surface area contributed by atoms with Gasteiger partial charge in [-0.3, -0.25) is 0 Å². The first-order valence-electron chi connectivity index (χ1n) is 6.71. The summed E-state index contributed by atoms with van der Waals surface area (Å²) in [5.74, 6) is 0. The summed E-state index contributed by atoms with van der Waals surface area (Å²) in [6.07, 6.45) is 2.40. The van der Waals surface area contributed by atoms with E-state index in [2.05, 4.69) is 22.0 Å². The van der Waals surface area contributed by atoms with Gasteiger partial charge in [-0.05, 0) is 51.7 Å². The van der Waals surface area contributed by atoms with Gasteiger partial charge in [-0.15, -0.1) is 0 Å². The SMILES string of the molecule is CNS(=O)(=O)c1ccc(NCC2CCCN2C)c(N)c1. The zero-order chi connectivity index (χ0) is 14.8. The highest BCUT2D eigenvalue weighted by molar-refractivity contribution is 7.89. The number of nitrogens with one attached hydrogen (secondary N) is 2. The number of anilines is 2. The van der Waals surface area contributed by atoms with E-state index in [-0.39, 0.29) is 4.90 Å². The Morgan fingerprint density at radius 2 is 2.20 bits per heavy atom. The summed E-state index contributed by atoms with van der Waals surface area (Å²) in [5, 5.41) is 3.30. The van der Waals surface area contributed by atoms with Crippen LogP contribution in [0.5, 0.6) is 0 Å². The monoisotopic (exact) mass is 298 g/mol. The van der Waals surface area contributed by atoms with Crippen LogP contribution in [0.4, 0.5) is 11.4 Å². The van der Waals surface area contributed by atoms with Crippen molar-refractivity contribution in [1.82, 2.24) is 9.62 Å². The maximum Gasteiger partial charge on any atom is 0.240 e. The molecule has 1 aliphatic rings. The normalized spacial score (nSPS) is 20.2. The largest absolute Gasteiger partial charge is 0.397 e. The second-order valence-corrected chi connectivity index (χ2v) is 7.00. The average molecular weight is 298 g/mol. The molecule has 0 aliphatic carbocycles. The van der Waals surface area contributed by atoms with Crippen LogP contribution >= 0.6 is 0 Å². The Morgan fingerprint density at radius 3 is 2.75 bits per heavy atom. The molecule has 0 amide bonds. The van der Waals surface area contributed by atoms with Crippen LogP contribution < -0.4 is 15.8 Å². The van der Waals surface area contributed by atoms with E-state index < -0.39 is 10.0 Å². The number of nitrogens with zero attached hydrogens (tertiary/aromatic N) is 1. The minimum Gasteiger partial charge on any atom is -0.397 e. The van der Waals surface area contributed by atoms with Gasteiger partial charge < -0.3 is 16.0 Å². The van der Waals surface area contributed by atoms with Crippen molar-refractivity contribution in [2.24, 2.45) is 0 Å². The van der Waals surface area contributed by atoms with E-state index in [1.165, 1.54) is 26.0 Å². The van der Waals surface area contributed by atoms with Crippen molar-refractivity contribution in [3.05, 3.63) is 18.2 Å². The molecule has 0 saturated carbocycles. The number of likely N-dealkylation sites (tertiary alicyclic amines) is 1. The van der Waals surface area contributed by atoms with Crippen LogP contribution in [0.3, 0.4) is 0 Å². The van der Waals surface area contributed by atoms with Crippen molar-refractivity contribution in [3.8, 4) is 0 Å². The van der Waals surface area contributed by atoms with Crippen molar-refractivity contribution in [1.29, 1.82) is 0 Å². The van der Waals surface area contributed by atoms with Crippen LogP contribution in [0.15, 0.2) is 23.1 Å². The van der Waals surface area contributed by atoms with E-state index in [9.17, 15) is 8.42 Å². The molecule has 0 radical (unpaired) electrons. The van der Waals surface area contributed by atoms with Gasteiger partial charge in [-0.1, -0.05) is 0 Å². The van der Waals surface area contributed by atoms with Gasteiger partial charge >= 0.3 is 0 Å². The molecule has 1 atom stereocenters. The van der Waals surface area contributed by atoms with Crippen LogP contribution in [0.1, 0.15) is 12.8 Å². The first-order valence-corrected chi connectivity index (χ1v) is 8.19. The number of hydrogen-bond acceptors (Lipinski definition) is 5. The topological polar surface area (TPSA) is 87.5 Å². The predicted octanol–water partition coefficient (Wildman–Crippen LogP) is 0.683. The molecular weight excluding hydrogens is 276 g/mol. The lowest BCUT2D eigenvalue weighted by Gasteiger charge is -2.21. The van der Waals surface area contributed by atoms with E-state index >= 15 is 0 Å². The highest BCUT2D eigenvalue weighted by Crippen LogP contribution is 2.23. The van der Waals surface area contributed by atoms with E-state index in [4.69, 9.17) is 5.73 Å². The number of hydrogen-bond donors (Lipinski definition) is 3. The Balaban J connectivity index is 2.06. The molecule has 0 bridgehead atoms. The number of likely N-dealkylation sites (N-methyl/N-ethyl adjacent to an activating group) is 1. The molecule has 2 rings (SSSR count). The fourth-order valence-corrected chi connectivity index (χ4v) is 3.22. The molecule has 4 N–H and O–H groups in total. The molecule has 1 aromatic carbocycles. The molecule has 1 aromatic rings. The fraction of sp³-hybridized carbons (Fsp3) is 0.538. The lowest BCUT2D eigenvalue weighted by atomic mass is 10.2. The van der Waals surface area contributed by atoms with Gasteiger partial charge in [-0.2, -0.15) is 0 Å². The highest BCUT2D eigenvalue weighted by atomic mass is 32.2. The minimum atomic E-state index is -3.44. The number of rotatable bonds is 5. The Bertz CT molecular complexity index is 574. The highest BCUT2D eigenvalue weighted by Gasteiger charge is 2.20. The third-order valence-corrected chi connectivity index (χ3v) is 5.21. The molecule has 0 aromatic heterocycles. The average Bonchev–Trinajstić information content (AvgIpc) is 2.83. The quantitative estimate of drug-likeness (QED) is 0.696. The fourth-order valence-electron chi connectivity index (χ4n) is 2.45. The summed E-state index contributed by atoms with van der Waals surface area (Å²) in [4.78, 5) is 2.50. The molecule has 0 spiro atoms. The molecule has 1 aliphatic heterocycles. The summed E-state index contributed by atoms with van der Waals surface area (Å²) < 4.78 is 25.6. The van der Waals surface area contributed by atoms with Crippen LogP contribution in [0, 0.1) is 0 Å². The van der Waals surface area contributed by atoms with Gasteiger partial charge in [0, 0.05) is 12.6 Å². The van der Waals surface area contributed by atoms with Crippen molar-refractivity contribution in [2.75, 3.05) is 38.2 Å². The van der Waals surface area contributed by atoms with Gasteiger partial charge in [0.05, 0.1) is 16.3 Å². The maximum absolute atomic E-state index is 11.7. The second-order valence-electron chi connectivity index (χ2n) is 5.11. The lowest BCUT2D eigenvalue weighted by molar-refractivity contribution is 0.322. The Labute approximate surface area is 120 Å². The number of benzene rings is 1. The molecule has 6 nitrogen and oxygen atoms in total. The standard InChI is InChI=1S/C13H22N4O2S/c1-15-20(18,19)11-5-6-13(12(14)8-11)16-9-10-4-3-7-17(10)2/h5-6,8,10,15-16H,3-4,7,9,14H2,1-2H3. The summed E-state index contributed by atoms with van der Waals surface area (Å²) in [5.41, 5.74) is 7.15. The Hall–Kier alpha value is -1.31. The van der Waals surface area contributed by atoms with Crippen LogP contribution in [-0.4, -0.2) is 46.5 Å². The molecule has 112 valence electrons. The van der Waals surface area contributed by atoms with E-state index in [1.54, 1.807) is 12.1 Å². The molecule has 1 saturated heterocycles. The molecule has 7 heteroatoms. The van der Waals surface area contributed by atoms with Crippen LogP contribution in [-0.2, 0) is 10.0 Å². The first kappa shape index (κ1) is 15.1. The Morgan fingerprint density at radius 1 is 1.45 bits per heavy atom. The first-order chi connectivity index (χ1) is 9.44. The number of nitrogen functional groups attached to an aromatic ring is 1. The van der Waals surface area contributed by atoms with E-state index in [0.717, 1.165) is 18.8 Å². The summed E-state index contributed by atoms with van der Waals surface area (Å²) >= 11 is 0. The molecule has 1 heterocycles. The van der Waals surface area contributed by atoms with Crippen LogP contribution in [0.25, 0.3) is 0 Å². The number of sulfonamides is 1. The molecule has 20 heavy (non-hydrogen) atoms. The van der Waals surface area contributed by atoms with Crippen molar-refractivity contribution in [3.63, 3.8) is 0 Å². The van der Waals surface area contributed by atoms with Gasteiger partial charge in [0.15, 0.2) is 0 Å². The minimum absolute atomic E-state index is 0.182. The summed E-state index contributed by atoms with van der Waals surface area (Å²) in [7, 11) is 0.0561. The Kier molecular flexibility index (Phi) is 4.52. The third kappa shape index (κ3) is 3.23. The lowest BCUT2D eigenvalue weighted by Crippen LogP contribution is -2.31. The molecular formula is C13H22N4O2S. The summed E-state index contributed by atoms with van der Waals surface area (Å²) in [6.45, 7) is 1.94. The van der Waals surface area contributed by atoms with Gasteiger partial charge in [0.2, 0.25) is 10.0 Å². The second kappa shape index (κ2) is 5.99. The van der Waals surface area contributed by atoms with Crippen molar-refractivity contribution >= 4 is 21.4 Å². The van der Waals surface area contributed by atoms with Crippen molar-refractivity contribution in [2.45, 2.75) is 23.8 Å². The van der Waals surface area contributed by atoms with Gasteiger partial charge in [-0.25, -0.2) is 13.1 Å². The predicted molar refractivity (Wildman–Crippen MR) is 81.2 cm³/mol. The molecule has 1 fully saturated rings. The molecule has 1 unspecified atom stereocenters. The van der Waals surface area contributed by atoms with Crippen molar-refractivity contribution < 1.29 is 8.42 Å². The summed E-state index contributed by atoms with van der Waals surface area (Å²) in [6, 6.07) is 5.26. The maximum atomic E-state index is 11.7. The third-order valence-electron chi connectivity index (χ3n) is 3.80.